The predicted molar refractivity (Wildman–Crippen MR) is 96.9 cm³/mol. The molecule has 0 fully saturated rings. The summed E-state index contributed by atoms with van der Waals surface area (Å²) in [5.41, 5.74) is 0.933. The van der Waals surface area contributed by atoms with Crippen LogP contribution < -0.4 is 9.47 Å². The van der Waals surface area contributed by atoms with Gasteiger partial charge in [0.05, 0.1) is 17.7 Å². The molecule has 3 heterocycles. The van der Waals surface area contributed by atoms with Gasteiger partial charge in [0.2, 0.25) is 10.0 Å². The first-order valence-electron chi connectivity index (χ1n) is 8.06. The van der Waals surface area contributed by atoms with Crippen molar-refractivity contribution in [3.63, 3.8) is 0 Å². The predicted octanol–water partition coefficient (Wildman–Crippen LogP) is 3.50. The smallest absolute Gasteiger partial charge is 0.243 e. The molecule has 0 N–H and O–H groups in total. The molecule has 0 atom stereocenters. The van der Waals surface area contributed by atoms with Crippen LogP contribution in [0.15, 0.2) is 62.7 Å². The van der Waals surface area contributed by atoms with Crippen LogP contribution >= 0.6 is 11.3 Å². The number of thiophene rings is 1. The van der Waals surface area contributed by atoms with Crippen LogP contribution in [0.5, 0.6) is 11.5 Å². The Kier molecular flexibility index (Phi) is 4.71. The maximum absolute atomic E-state index is 13.3. The zero-order valence-electron chi connectivity index (χ0n) is 13.8. The number of fused-ring (bicyclic) bond motifs is 1. The van der Waals surface area contributed by atoms with Gasteiger partial charge in [-0.2, -0.15) is 15.6 Å². The van der Waals surface area contributed by atoms with E-state index < -0.39 is 10.0 Å². The minimum atomic E-state index is -3.74. The Bertz CT molecular complexity index is 929. The topological polar surface area (TPSA) is 69.0 Å². The zero-order valence-corrected chi connectivity index (χ0v) is 15.5. The third-order valence-electron chi connectivity index (χ3n) is 4.00. The molecule has 8 heteroatoms. The number of hydrogen-bond donors (Lipinski definition) is 0. The van der Waals surface area contributed by atoms with E-state index in [4.69, 9.17) is 13.9 Å². The number of furan rings is 1. The summed E-state index contributed by atoms with van der Waals surface area (Å²) in [5.74, 6) is 1.60. The van der Waals surface area contributed by atoms with Crippen molar-refractivity contribution in [3.05, 3.63) is 64.7 Å². The standard InChI is InChI=1S/C18H17NO5S2/c20-26(21,16-3-4-17-18(10-16)24-8-7-23-17)19(11-14-5-9-25-13-14)12-15-2-1-6-22-15/h1-6,9-10,13H,7-8,11-12H2. The quantitative estimate of drug-likeness (QED) is 0.643. The second kappa shape index (κ2) is 7.14. The molecule has 1 aliphatic rings. The lowest BCUT2D eigenvalue weighted by atomic mass is 10.3. The molecule has 0 aliphatic carbocycles. The Morgan fingerprint density at radius 1 is 1.04 bits per heavy atom. The highest BCUT2D eigenvalue weighted by Gasteiger charge is 2.27. The summed E-state index contributed by atoms with van der Waals surface area (Å²) in [7, 11) is -3.74. The molecule has 0 radical (unpaired) electrons. The number of sulfonamides is 1. The van der Waals surface area contributed by atoms with Crippen LogP contribution in [0.4, 0.5) is 0 Å². The Morgan fingerprint density at radius 3 is 2.62 bits per heavy atom. The minimum Gasteiger partial charge on any atom is -0.486 e. The molecule has 1 aliphatic heterocycles. The summed E-state index contributed by atoms with van der Waals surface area (Å²) in [6, 6.07) is 10.1. The molecule has 26 heavy (non-hydrogen) atoms. The number of benzene rings is 1. The molecule has 0 amide bonds. The fourth-order valence-corrected chi connectivity index (χ4v) is 4.79. The number of hydrogen-bond acceptors (Lipinski definition) is 6. The lowest BCUT2D eigenvalue weighted by Gasteiger charge is -2.23. The van der Waals surface area contributed by atoms with Crippen molar-refractivity contribution < 1.29 is 22.3 Å². The van der Waals surface area contributed by atoms with Crippen molar-refractivity contribution >= 4 is 21.4 Å². The molecule has 3 aromatic rings. The van der Waals surface area contributed by atoms with Gasteiger partial charge in [-0.15, -0.1) is 0 Å². The summed E-state index contributed by atoms with van der Waals surface area (Å²) < 4.78 is 44.3. The molecule has 0 spiro atoms. The van der Waals surface area contributed by atoms with Crippen LogP contribution in [-0.2, 0) is 23.1 Å². The summed E-state index contributed by atoms with van der Waals surface area (Å²) in [6.45, 7) is 1.28. The highest BCUT2D eigenvalue weighted by molar-refractivity contribution is 7.89. The molecular formula is C18H17NO5S2. The van der Waals surface area contributed by atoms with Gasteiger partial charge in [0.1, 0.15) is 19.0 Å². The van der Waals surface area contributed by atoms with Crippen molar-refractivity contribution in [2.75, 3.05) is 13.2 Å². The van der Waals surface area contributed by atoms with Crippen LogP contribution in [0.1, 0.15) is 11.3 Å². The molecule has 6 nitrogen and oxygen atoms in total. The monoisotopic (exact) mass is 391 g/mol. The highest BCUT2D eigenvalue weighted by atomic mass is 32.2. The summed E-state index contributed by atoms with van der Waals surface area (Å²) in [5, 5.41) is 3.87. The van der Waals surface area contributed by atoms with E-state index in [1.807, 2.05) is 16.8 Å². The largest absolute Gasteiger partial charge is 0.486 e. The summed E-state index contributed by atoms with van der Waals surface area (Å²) in [6.07, 6.45) is 1.54. The van der Waals surface area contributed by atoms with Crippen molar-refractivity contribution in [1.29, 1.82) is 0 Å². The van der Waals surface area contributed by atoms with Gasteiger partial charge < -0.3 is 13.9 Å². The fraction of sp³-hybridized carbons (Fsp3) is 0.222. The van der Waals surface area contributed by atoms with Crippen LogP contribution in [0.3, 0.4) is 0 Å². The lowest BCUT2D eigenvalue weighted by molar-refractivity contribution is 0.171. The van der Waals surface area contributed by atoms with E-state index >= 15 is 0 Å². The molecule has 0 saturated carbocycles. The van der Waals surface area contributed by atoms with E-state index in [0.29, 0.717) is 30.5 Å². The van der Waals surface area contributed by atoms with Gasteiger partial charge in [0, 0.05) is 12.6 Å². The molecule has 0 saturated heterocycles. The SMILES string of the molecule is O=S(=O)(c1ccc2c(c1)OCCO2)N(Cc1ccsc1)Cc1ccco1. The van der Waals surface area contributed by atoms with E-state index in [1.54, 1.807) is 24.3 Å². The number of rotatable bonds is 6. The van der Waals surface area contributed by atoms with E-state index in [9.17, 15) is 8.42 Å². The zero-order chi connectivity index (χ0) is 18.0. The molecule has 0 bridgehead atoms. The average molecular weight is 391 g/mol. The summed E-state index contributed by atoms with van der Waals surface area (Å²) >= 11 is 1.53. The van der Waals surface area contributed by atoms with Crippen LogP contribution in [-0.4, -0.2) is 25.9 Å². The Labute approximate surface area is 155 Å². The van der Waals surface area contributed by atoms with Crippen molar-refractivity contribution in [2.24, 2.45) is 0 Å². The third-order valence-corrected chi connectivity index (χ3v) is 6.52. The Morgan fingerprint density at radius 2 is 1.88 bits per heavy atom. The number of nitrogens with zero attached hydrogens (tertiary/aromatic N) is 1. The second-order valence-electron chi connectivity index (χ2n) is 5.79. The normalized spacial score (nSPS) is 13.9. The van der Waals surface area contributed by atoms with Gasteiger partial charge in [-0.05, 0) is 46.7 Å². The average Bonchev–Trinajstić information content (AvgIpc) is 3.35. The second-order valence-corrected chi connectivity index (χ2v) is 8.51. The Balaban J connectivity index is 1.68. The van der Waals surface area contributed by atoms with Gasteiger partial charge in [0.15, 0.2) is 11.5 Å². The molecule has 0 unspecified atom stereocenters. The van der Waals surface area contributed by atoms with Gasteiger partial charge in [0.25, 0.3) is 0 Å². The minimum absolute atomic E-state index is 0.152. The third kappa shape index (κ3) is 3.48. The molecule has 1 aromatic carbocycles. The summed E-state index contributed by atoms with van der Waals surface area (Å²) in [4.78, 5) is 0.170. The van der Waals surface area contributed by atoms with E-state index in [0.717, 1.165) is 5.56 Å². The first kappa shape index (κ1) is 17.1. The number of ether oxygens (including phenoxy) is 2. The maximum atomic E-state index is 13.3. The van der Waals surface area contributed by atoms with Crippen molar-refractivity contribution in [3.8, 4) is 11.5 Å². The molecule has 2 aromatic heterocycles. The van der Waals surface area contributed by atoms with Gasteiger partial charge >= 0.3 is 0 Å². The Hall–Kier alpha value is -2.29. The molecule has 136 valence electrons. The van der Waals surface area contributed by atoms with Gasteiger partial charge in [-0.25, -0.2) is 8.42 Å². The first-order valence-corrected chi connectivity index (χ1v) is 10.4. The van der Waals surface area contributed by atoms with E-state index in [1.165, 1.54) is 28.0 Å². The fourth-order valence-electron chi connectivity index (χ4n) is 2.72. The van der Waals surface area contributed by atoms with Crippen molar-refractivity contribution in [1.82, 2.24) is 4.31 Å². The van der Waals surface area contributed by atoms with Gasteiger partial charge in [-0.1, -0.05) is 0 Å². The van der Waals surface area contributed by atoms with Crippen LogP contribution in [0, 0.1) is 0 Å². The first-order chi connectivity index (χ1) is 12.6. The maximum Gasteiger partial charge on any atom is 0.243 e. The van der Waals surface area contributed by atoms with E-state index in [-0.39, 0.29) is 18.0 Å². The van der Waals surface area contributed by atoms with Crippen molar-refractivity contribution in [2.45, 2.75) is 18.0 Å². The highest BCUT2D eigenvalue weighted by Crippen LogP contribution is 2.33. The van der Waals surface area contributed by atoms with Crippen LogP contribution in [0.25, 0.3) is 0 Å². The lowest BCUT2D eigenvalue weighted by Crippen LogP contribution is -2.30. The molecular weight excluding hydrogens is 374 g/mol. The van der Waals surface area contributed by atoms with Gasteiger partial charge in [-0.3, -0.25) is 0 Å². The van der Waals surface area contributed by atoms with Crippen LogP contribution in [0.2, 0.25) is 0 Å². The molecule has 4 rings (SSSR count). The van der Waals surface area contributed by atoms with E-state index in [2.05, 4.69) is 0 Å².